The van der Waals surface area contributed by atoms with Crippen LogP contribution in [0.5, 0.6) is 0 Å². The van der Waals surface area contributed by atoms with Gasteiger partial charge in [-0.15, -0.1) is 0 Å². The number of thiol groups is 1. The first-order valence-electron chi connectivity index (χ1n) is 4.52. The highest BCUT2D eigenvalue weighted by atomic mass is 32.1. The van der Waals surface area contributed by atoms with Gasteiger partial charge >= 0.3 is 0 Å². The van der Waals surface area contributed by atoms with Gasteiger partial charge in [-0.3, -0.25) is 4.98 Å². The zero-order valence-electron chi connectivity index (χ0n) is 7.72. The van der Waals surface area contributed by atoms with E-state index < -0.39 is 0 Å². The van der Waals surface area contributed by atoms with Crippen molar-refractivity contribution in [2.45, 2.75) is 0 Å². The summed E-state index contributed by atoms with van der Waals surface area (Å²) in [4.78, 5) is 4.26. The second kappa shape index (κ2) is 4.29. The largest absolute Gasteiger partial charge is 0.256 e. The molecule has 2 heteroatoms. The first-order valence-corrected chi connectivity index (χ1v) is 5.15. The van der Waals surface area contributed by atoms with Gasteiger partial charge in [-0.2, -0.15) is 12.6 Å². The van der Waals surface area contributed by atoms with Crippen LogP contribution in [0.2, 0.25) is 0 Å². The van der Waals surface area contributed by atoms with E-state index in [1.165, 1.54) is 10.9 Å². The Labute approximate surface area is 88.9 Å². The highest BCUT2D eigenvalue weighted by Gasteiger charge is 1.92. The summed E-state index contributed by atoms with van der Waals surface area (Å²) < 4.78 is 0. The van der Waals surface area contributed by atoms with Crippen LogP contribution < -0.4 is 0 Å². The third kappa shape index (κ3) is 1.96. The lowest BCUT2D eigenvalue weighted by atomic mass is 10.1. The third-order valence-corrected chi connectivity index (χ3v) is 2.25. The zero-order chi connectivity index (χ0) is 9.80. The first kappa shape index (κ1) is 9.28. The van der Waals surface area contributed by atoms with Crippen LogP contribution in [0.25, 0.3) is 17.0 Å². The molecule has 1 aromatic carbocycles. The summed E-state index contributed by atoms with van der Waals surface area (Å²) in [6.45, 7) is 0. The normalized spacial score (nSPS) is 11.2. The maximum atomic E-state index is 4.26. The average Bonchev–Trinajstić information content (AvgIpc) is 2.26. The van der Waals surface area contributed by atoms with E-state index in [2.05, 4.69) is 41.9 Å². The number of benzene rings is 1. The van der Waals surface area contributed by atoms with E-state index in [-0.39, 0.29) is 0 Å². The van der Waals surface area contributed by atoms with E-state index in [1.807, 2.05) is 24.4 Å². The standard InChI is InChI=1S/C12H11NS/c14-8-2-3-10-5-6-12-11(9-10)4-1-7-13-12/h1-7,9,14H,8H2. The summed E-state index contributed by atoms with van der Waals surface area (Å²) in [6.07, 6.45) is 5.91. The van der Waals surface area contributed by atoms with Gasteiger partial charge in [0.2, 0.25) is 0 Å². The monoisotopic (exact) mass is 201 g/mol. The zero-order valence-corrected chi connectivity index (χ0v) is 8.61. The number of fused-ring (bicyclic) bond motifs is 1. The molecule has 1 heterocycles. The van der Waals surface area contributed by atoms with Crippen molar-refractivity contribution in [2.24, 2.45) is 0 Å². The first-order chi connectivity index (χ1) is 6.90. The Bertz CT molecular complexity index is 463. The van der Waals surface area contributed by atoms with Crippen LogP contribution in [0.15, 0.2) is 42.6 Å². The Morgan fingerprint density at radius 3 is 3.07 bits per heavy atom. The summed E-state index contributed by atoms with van der Waals surface area (Å²) in [6, 6.07) is 10.2. The van der Waals surface area contributed by atoms with Crippen LogP contribution in [0, 0.1) is 0 Å². The van der Waals surface area contributed by atoms with E-state index >= 15 is 0 Å². The minimum atomic E-state index is 0.769. The molecule has 0 spiro atoms. The predicted octanol–water partition coefficient (Wildman–Crippen LogP) is 3.18. The number of hydrogen-bond donors (Lipinski definition) is 1. The van der Waals surface area contributed by atoms with Crippen molar-refractivity contribution >= 4 is 29.6 Å². The van der Waals surface area contributed by atoms with Crippen molar-refractivity contribution in [3.05, 3.63) is 48.2 Å². The summed E-state index contributed by atoms with van der Waals surface area (Å²) in [5.74, 6) is 0.769. The van der Waals surface area contributed by atoms with Crippen LogP contribution in [0.3, 0.4) is 0 Å². The van der Waals surface area contributed by atoms with Crippen LogP contribution in [0.1, 0.15) is 5.56 Å². The molecule has 0 fully saturated rings. The Balaban J connectivity index is 2.46. The molecule has 0 bridgehead atoms. The quantitative estimate of drug-likeness (QED) is 0.736. The Kier molecular flexibility index (Phi) is 2.84. The second-order valence-electron chi connectivity index (χ2n) is 3.04. The highest BCUT2D eigenvalue weighted by molar-refractivity contribution is 7.80. The van der Waals surface area contributed by atoms with Crippen molar-refractivity contribution in [2.75, 3.05) is 5.75 Å². The predicted molar refractivity (Wildman–Crippen MR) is 64.6 cm³/mol. The fourth-order valence-electron chi connectivity index (χ4n) is 1.39. The van der Waals surface area contributed by atoms with Gasteiger partial charge in [-0.1, -0.05) is 24.3 Å². The van der Waals surface area contributed by atoms with Gasteiger partial charge in [0, 0.05) is 17.3 Å². The fraction of sp³-hybridized carbons (Fsp3) is 0.0833. The molecule has 0 atom stereocenters. The van der Waals surface area contributed by atoms with Crippen molar-refractivity contribution in [1.29, 1.82) is 0 Å². The molecular formula is C12H11NS. The smallest absolute Gasteiger partial charge is 0.0702 e. The lowest BCUT2D eigenvalue weighted by Crippen LogP contribution is -1.78. The SMILES string of the molecule is SCC=Cc1ccc2ncccc2c1. The number of rotatable bonds is 2. The lowest BCUT2D eigenvalue weighted by Gasteiger charge is -1.97. The van der Waals surface area contributed by atoms with Gasteiger partial charge in [0.15, 0.2) is 0 Å². The van der Waals surface area contributed by atoms with E-state index in [0.717, 1.165) is 11.3 Å². The molecule has 0 N–H and O–H groups in total. The maximum Gasteiger partial charge on any atom is 0.0702 e. The molecule has 0 unspecified atom stereocenters. The number of pyridine rings is 1. The van der Waals surface area contributed by atoms with Crippen molar-refractivity contribution < 1.29 is 0 Å². The molecule has 2 rings (SSSR count). The molecule has 0 radical (unpaired) electrons. The molecule has 1 aromatic heterocycles. The molecule has 2 aromatic rings. The van der Waals surface area contributed by atoms with Gasteiger partial charge in [-0.25, -0.2) is 0 Å². The summed E-state index contributed by atoms with van der Waals surface area (Å²) in [5, 5.41) is 1.17. The van der Waals surface area contributed by atoms with Crippen molar-refractivity contribution in [1.82, 2.24) is 4.98 Å². The summed E-state index contributed by atoms with van der Waals surface area (Å²) in [5.41, 5.74) is 2.23. The molecule has 70 valence electrons. The Hall–Kier alpha value is -1.28. The molecule has 14 heavy (non-hydrogen) atoms. The van der Waals surface area contributed by atoms with Crippen molar-refractivity contribution in [3.63, 3.8) is 0 Å². The third-order valence-electron chi connectivity index (χ3n) is 2.04. The molecule has 0 aliphatic heterocycles. The molecule has 0 saturated heterocycles. The van der Waals surface area contributed by atoms with E-state index in [0.29, 0.717) is 0 Å². The fourth-order valence-corrected chi connectivity index (χ4v) is 1.49. The van der Waals surface area contributed by atoms with E-state index in [4.69, 9.17) is 0 Å². The summed E-state index contributed by atoms with van der Waals surface area (Å²) in [7, 11) is 0. The Morgan fingerprint density at radius 1 is 1.29 bits per heavy atom. The molecule has 1 nitrogen and oxygen atoms in total. The maximum absolute atomic E-state index is 4.26. The van der Waals surface area contributed by atoms with Crippen molar-refractivity contribution in [3.8, 4) is 0 Å². The van der Waals surface area contributed by atoms with Crippen LogP contribution >= 0.6 is 12.6 Å². The topological polar surface area (TPSA) is 12.9 Å². The van der Waals surface area contributed by atoms with E-state index in [1.54, 1.807) is 0 Å². The lowest BCUT2D eigenvalue weighted by molar-refractivity contribution is 1.41. The minimum Gasteiger partial charge on any atom is -0.256 e. The number of hydrogen-bond acceptors (Lipinski definition) is 2. The van der Waals surface area contributed by atoms with E-state index in [9.17, 15) is 0 Å². The average molecular weight is 201 g/mol. The molecular weight excluding hydrogens is 190 g/mol. The van der Waals surface area contributed by atoms with Crippen LogP contribution in [-0.2, 0) is 0 Å². The highest BCUT2D eigenvalue weighted by Crippen LogP contribution is 2.14. The molecule has 0 aliphatic carbocycles. The van der Waals surface area contributed by atoms with Gasteiger partial charge < -0.3 is 0 Å². The van der Waals surface area contributed by atoms with Gasteiger partial charge in [0.1, 0.15) is 0 Å². The number of nitrogens with zero attached hydrogens (tertiary/aromatic N) is 1. The summed E-state index contributed by atoms with van der Waals surface area (Å²) >= 11 is 4.13. The number of aromatic nitrogens is 1. The molecule has 0 amide bonds. The second-order valence-corrected chi connectivity index (χ2v) is 3.41. The molecule has 0 saturated carbocycles. The van der Waals surface area contributed by atoms with Gasteiger partial charge in [0.05, 0.1) is 5.52 Å². The van der Waals surface area contributed by atoms with Crippen LogP contribution in [-0.4, -0.2) is 10.7 Å². The van der Waals surface area contributed by atoms with Gasteiger partial charge in [0.25, 0.3) is 0 Å². The Morgan fingerprint density at radius 2 is 2.21 bits per heavy atom. The van der Waals surface area contributed by atoms with Gasteiger partial charge in [-0.05, 0) is 23.8 Å². The minimum absolute atomic E-state index is 0.769. The van der Waals surface area contributed by atoms with Crippen LogP contribution in [0.4, 0.5) is 0 Å². The molecule has 0 aliphatic rings.